The van der Waals surface area contributed by atoms with Crippen LogP contribution in [0.15, 0.2) is 17.6 Å². The Labute approximate surface area is 92.7 Å². The minimum atomic E-state index is -0.968. The Bertz CT molecular complexity index is 294. The number of aromatic nitrogens is 2. The Hall–Kier alpha value is -0.690. The molecular weight excluding hydrogens is 214 g/mol. The maximum Gasteiger partial charge on any atom is 0.187 e. The Balaban J connectivity index is 2.69. The molecule has 0 saturated heterocycles. The second-order valence-electron chi connectivity index (χ2n) is 3.09. The average molecular weight is 229 g/mol. The molecule has 1 aromatic heterocycles. The van der Waals surface area contributed by atoms with Gasteiger partial charge < -0.3 is 15.9 Å². The highest BCUT2D eigenvalue weighted by molar-refractivity contribution is 7.98. The fraction of sp³-hybridized carbons (Fsp3) is 0.556. The summed E-state index contributed by atoms with van der Waals surface area (Å²) in [4.78, 5) is 8.02. The van der Waals surface area contributed by atoms with Gasteiger partial charge in [-0.25, -0.2) is 9.97 Å². The van der Waals surface area contributed by atoms with Crippen molar-refractivity contribution in [1.82, 2.24) is 9.97 Å². The monoisotopic (exact) mass is 229 g/mol. The van der Waals surface area contributed by atoms with E-state index in [0.29, 0.717) is 23.7 Å². The first-order chi connectivity index (χ1) is 7.19. The number of aliphatic hydroxyl groups excluding tert-OH is 2. The number of thioether (sulfide) groups is 1. The quantitative estimate of drug-likeness (QED) is 0.484. The van der Waals surface area contributed by atoms with Gasteiger partial charge in [0.1, 0.15) is 6.10 Å². The molecule has 0 fully saturated rings. The fourth-order valence-corrected chi connectivity index (χ4v) is 1.45. The molecule has 0 aliphatic rings. The van der Waals surface area contributed by atoms with Crippen molar-refractivity contribution in [1.29, 1.82) is 0 Å². The zero-order chi connectivity index (χ0) is 11.3. The van der Waals surface area contributed by atoms with Crippen LogP contribution in [-0.2, 0) is 0 Å². The number of rotatable bonds is 5. The largest absolute Gasteiger partial charge is 0.390 e. The van der Waals surface area contributed by atoms with Gasteiger partial charge in [0.2, 0.25) is 0 Å². The van der Waals surface area contributed by atoms with Crippen LogP contribution in [0.1, 0.15) is 18.1 Å². The molecule has 0 aliphatic heterocycles. The highest BCUT2D eigenvalue weighted by Crippen LogP contribution is 2.18. The second kappa shape index (κ2) is 6.02. The molecule has 5 nitrogen and oxygen atoms in total. The third-order valence-electron chi connectivity index (χ3n) is 2.00. The lowest BCUT2D eigenvalue weighted by Gasteiger charge is -2.16. The van der Waals surface area contributed by atoms with E-state index >= 15 is 0 Å². The maximum absolute atomic E-state index is 9.69. The van der Waals surface area contributed by atoms with Crippen LogP contribution in [-0.4, -0.2) is 39.1 Å². The number of nitrogens with zero attached hydrogens (tertiary/aromatic N) is 2. The van der Waals surface area contributed by atoms with Gasteiger partial charge in [0.05, 0.1) is 6.10 Å². The summed E-state index contributed by atoms with van der Waals surface area (Å²) in [5, 5.41) is 19.8. The van der Waals surface area contributed by atoms with E-state index in [9.17, 15) is 10.2 Å². The molecule has 6 heteroatoms. The Morgan fingerprint density at radius 2 is 2.00 bits per heavy atom. The minimum Gasteiger partial charge on any atom is -0.390 e. The van der Waals surface area contributed by atoms with Gasteiger partial charge in [0, 0.05) is 18.0 Å². The van der Waals surface area contributed by atoms with Crippen molar-refractivity contribution in [3.05, 3.63) is 18.0 Å². The molecule has 2 atom stereocenters. The molecule has 15 heavy (non-hydrogen) atoms. The van der Waals surface area contributed by atoms with Crippen molar-refractivity contribution in [3.63, 3.8) is 0 Å². The standard InChI is InChI=1S/C9H15N3O2S/c1-15-9-11-4-6(5-12-9)8(14)7(13)2-3-10/h4-5,7-8,13-14H,2-3,10H2,1H3. The summed E-state index contributed by atoms with van der Waals surface area (Å²) in [5.41, 5.74) is 5.79. The van der Waals surface area contributed by atoms with Crippen LogP contribution in [0.3, 0.4) is 0 Å². The van der Waals surface area contributed by atoms with Crippen molar-refractivity contribution in [2.75, 3.05) is 12.8 Å². The Kier molecular flexibility index (Phi) is 4.97. The van der Waals surface area contributed by atoms with Crippen molar-refractivity contribution < 1.29 is 10.2 Å². The van der Waals surface area contributed by atoms with Gasteiger partial charge in [-0.05, 0) is 19.2 Å². The number of hydrogen-bond acceptors (Lipinski definition) is 6. The van der Waals surface area contributed by atoms with Crippen LogP contribution in [0.2, 0.25) is 0 Å². The summed E-state index contributed by atoms with van der Waals surface area (Å²) in [7, 11) is 0. The molecule has 0 bridgehead atoms. The molecule has 4 N–H and O–H groups in total. The van der Waals surface area contributed by atoms with Gasteiger partial charge >= 0.3 is 0 Å². The fourth-order valence-electron chi connectivity index (χ4n) is 1.14. The van der Waals surface area contributed by atoms with E-state index in [0.717, 1.165) is 0 Å². The second-order valence-corrected chi connectivity index (χ2v) is 3.87. The first kappa shape index (κ1) is 12.4. The summed E-state index contributed by atoms with van der Waals surface area (Å²) in [6.45, 7) is 0.335. The average Bonchev–Trinajstić information content (AvgIpc) is 2.28. The van der Waals surface area contributed by atoms with Crippen molar-refractivity contribution in [2.24, 2.45) is 5.73 Å². The van der Waals surface area contributed by atoms with Crippen LogP contribution in [0.25, 0.3) is 0 Å². The predicted molar refractivity (Wildman–Crippen MR) is 58.5 cm³/mol. The molecule has 0 aromatic carbocycles. The molecule has 0 saturated carbocycles. The topological polar surface area (TPSA) is 92.3 Å². The van der Waals surface area contributed by atoms with E-state index in [1.165, 1.54) is 24.2 Å². The zero-order valence-electron chi connectivity index (χ0n) is 8.50. The number of hydrogen-bond donors (Lipinski definition) is 3. The normalized spacial score (nSPS) is 14.9. The van der Waals surface area contributed by atoms with Gasteiger partial charge in [0.25, 0.3) is 0 Å². The van der Waals surface area contributed by atoms with Crippen LogP contribution < -0.4 is 5.73 Å². The van der Waals surface area contributed by atoms with Crippen LogP contribution >= 0.6 is 11.8 Å². The van der Waals surface area contributed by atoms with Crippen LogP contribution in [0.5, 0.6) is 0 Å². The highest BCUT2D eigenvalue weighted by Gasteiger charge is 2.18. The van der Waals surface area contributed by atoms with Crippen molar-refractivity contribution >= 4 is 11.8 Å². The first-order valence-corrected chi connectivity index (χ1v) is 5.83. The summed E-state index contributed by atoms with van der Waals surface area (Å²) >= 11 is 1.42. The maximum atomic E-state index is 9.69. The predicted octanol–water partition coefficient (Wildman–Crippen LogP) is -0.0584. The third-order valence-corrected chi connectivity index (χ3v) is 2.58. The van der Waals surface area contributed by atoms with Crippen LogP contribution in [0, 0.1) is 0 Å². The highest BCUT2D eigenvalue weighted by atomic mass is 32.2. The summed E-state index contributed by atoms with van der Waals surface area (Å²) in [6, 6.07) is 0. The first-order valence-electron chi connectivity index (χ1n) is 4.61. The summed E-state index contributed by atoms with van der Waals surface area (Å²) in [6.07, 6.45) is 3.43. The van der Waals surface area contributed by atoms with E-state index in [-0.39, 0.29) is 0 Å². The molecule has 1 aromatic rings. The minimum absolute atomic E-state index is 0.335. The SMILES string of the molecule is CSc1ncc(C(O)C(O)CCN)cn1. The lowest BCUT2D eigenvalue weighted by Crippen LogP contribution is -2.22. The lowest BCUT2D eigenvalue weighted by atomic mass is 10.1. The van der Waals surface area contributed by atoms with Crippen molar-refractivity contribution in [3.8, 4) is 0 Å². The van der Waals surface area contributed by atoms with E-state index in [1.54, 1.807) is 0 Å². The molecule has 1 heterocycles. The van der Waals surface area contributed by atoms with E-state index in [4.69, 9.17) is 5.73 Å². The van der Waals surface area contributed by atoms with Gasteiger partial charge in [-0.15, -0.1) is 0 Å². The molecule has 2 unspecified atom stereocenters. The third kappa shape index (κ3) is 3.42. The molecule has 0 aliphatic carbocycles. The molecule has 0 amide bonds. The molecule has 84 valence electrons. The van der Waals surface area contributed by atoms with E-state index in [2.05, 4.69) is 9.97 Å². The molecular formula is C9H15N3O2S. The smallest absolute Gasteiger partial charge is 0.187 e. The molecule has 1 rings (SSSR count). The van der Waals surface area contributed by atoms with Gasteiger partial charge in [0.15, 0.2) is 5.16 Å². The van der Waals surface area contributed by atoms with Gasteiger partial charge in [-0.3, -0.25) is 0 Å². The lowest BCUT2D eigenvalue weighted by molar-refractivity contribution is 0.0145. The van der Waals surface area contributed by atoms with E-state index in [1.807, 2.05) is 6.26 Å². The number of nitrogens with two attached hydrogens (primary N) is 1. The Morgan fingerprint density at radius 1 is 1.40 bits per heavy atom. The van der Waals surface area contributed by atoms with Crippen LogP contribution in [0.4, 0.5) is 0 Å². The summed E-state index contributed by atoms with van der Waals surface area (Å²) in [5.74, 6) is 0. The number of aliphatic hydroxyl groups is 2. The zero-order valence-corrected chi connectivity index (χ0v) is 9.31. The van der Waals surface area contributed by atoms with E-state index < -0.39 is 12.2 Å². The summed E-state index contributed by atoms with van der Waals surface area (Å²) < 4.78 is 0. The van der Waals surface area contributed by atoms with Crippen molar-refractivity contribution in [2.45, 2.75) is 23.8 Å². The Morgan fingerprint density at radius 3 is 2.47 bits per heavy atom. The van der Waals surface area contributed by atoms with Gasteiger partial charge in [-0.1, -0.05) is 11.8 Å². The van der Waals surface area contributed by atoms with Gasteiger partial charge in [-0.2, -0.15) is 0 Å². The molecule has 0 radical (unpaired) electrons. The molecule has 0 spiro atoms.